The molecular formula is C13H14F3O2S+. The van der Waals surface area contributed by atoms with Crippen LogP contribution in [0.1, 0.15) is 23.2 Å². The summed E-state index contributed by atoms with van der Waals surface area (Å²) in [5, 5.41) is 0. The molecule has 0 aliphatic carbocycles. The minimum atomic E-state index is -4.49. The second-order valence-electron chi connectivity index (χ2n) is 4.30. The number of carbonyl (C=O) groups is 1. The minimum absolute atomic E-state index is 0.0296. The Morgan fingerprint density at radius 2 is 1.84 bits per heavy atom. The number of alkyl halides is 3. The fourth-order valence-electron chi connectivity index (χ4n) is 1.99. The van der Waals surface area contributed by atoms with Crippen molar-refractivity contribution in [1.29, 1.82) is 0 Å². The van der Waals surface area contributed by atoms with Gasteiger partial charge in [0.25, 0.3) is 0 Å². The molecule has 0 amide bonds. The van der Waals surface area contributed by atoms with Crippen LogP contribution in [0.15, 0.2) is 29.2 Å². The predicted molar refractivity (Wildman–Crippen MR) is 67.4 cm³/mol. The lowest BCUT2D eigenvalue weighted by Gasteiger charge is -2.09. The van der Waals surface area contributed by atoms with Gasteiger partial charge < -0.3 is 4.74 Å². The Morgan fingerprint density at radius 1 is 1.21 bits per heavy atom. The lowest BCUT2D eigenvalue weighted by Crippen LogP contribution is -2.21. The van der Waals surface area contributed by atoms with Gasteiger partial charge in [0.15, 0.2) is 11.5 Å². The Bertz CT molecular complexity index is 453. The molecule has 2 rings (SSSR count). The summed E-state index contributed by atoms with van der Waals surface area (Å²) >= 11 is 0. The Kier molecular flexibility index (Phi) is 4.39. The third-order valence-electron chi connectivity index (χ3n) is 2.82. The van der Waals surface area contributed by atoms with Gasteiger partial charge in [0.05, 0.1) is 0 Å². The van der Waals surface area contributed by atoms with Gasteiger partial charge in [-0.2, -0.15) is 13.2 Å². The van der Waals surface area contributed by atoms with Gasteiger partial charge in [-0.25, -0.2) is 4.79 Å². The summed E-state index contributed by atoms with van der Waals surface area (Å²) in [6.45, 7) is -1.53. The third kappa shape index (κ3) is 3.89. The second kappa shape index (κ2) is 5.86. The van der Waals surface area contributed by atoms with Crippen molar-refractivity contribution in [3.05, 3.63) is 29.8 Å². The molecule has 1 aliphatic rings. The lowest BCUT2D eigenvalue weighted by molar-refractivity contribution is -0.161. The third-order valence-corrected chi connectivity index (χ3v) is 5.36. The summed E-state index contributed by atoms with van der Waals surface area (Å²) in [5.74, 6) is 1.12. The smallest absolute Gasteiger partial charge is 0.422 e. The van der Waals surface area contributed by atoms with Gasteiger partial charge in [0.1, 0.15) is 17.1 Å². The summed E-state index contributed by atoms with van der Waals surface area (Å²) in [6.07, 6.45) is -2.27. The van der Waals surface area contributed by atoms with E-state index in [2.05, 4.69) is 4.74 Å². The van der Waals surface area contributed by atoms with Crippen LogP contribution in [0.25, 0.3) is 0 Å². The van der Waals surface area contributed by atoms with Crippen LogP contribution >= 0.6 is 0 Å². The molecule has 0 unspecified atom stereocenters. The molecule has 6 heteroatoms. The van der Waals surface area contributed by atoms with Crippen molar-refractivity contribution in [3.8, 4) is 0 Å². The monoisotopic (exact) mass is 291 g/mol. The van der Waals surface area contributed by atoms with E-state index < -0.39 is 18.8 Å². The van der Waals surface area contributed by atoms with Crippen molar-refractivity contribution in [2.75, 3.05) is 18.1 Å². The molecule has 1 saturated heterocycles. The van der Waals surface area contributed by atoms with Crippen molar-refractivity contribution in [1.82, 2.24) is 0 Å². The van der Waals surface area contributed by atoms with E-state index in [0.29, 0.717) is 0 Å². The molecule has 0 saturated carbocycles. The highest BCUT2D eigenvalue weighted by molar-refractivity contribution is 7.97. The molecule has 0 bridgehead atoms. The SMILES string of the molecule is O=C(OCC(F)(F)F)c1ccccc1[S+]1CCCC1. The second-order valence-corrected chi connectivity index (χ2v) is 6.54. The molecule has 2 nitrogen and oxygen atoms in total. The van der Waals surface area contributed by atoms with Crippen molar-refractivity contribution in [2.24, 2.45) is 0 Å². The van der Waals surface area contributed by atoms with E-state index in [0.717, 1.165) is 29.2 Å². The van der Waals surface area contributed by atoms with Crippen LogP contribution in [0.2, 0.25) is 0 Å². The topological polar surface area (TPSA) is 26.3 Å². The lowest BCUT2D eigenvalue weighted by atomic mass is 10.2. The maximum atomic E-state index is 12.1. The van der Waals surface area contributed by atoms with Gasteiger partial charge >= 0.3 is 12.1 Å². The first-order valence-corrected chi connectivity index (χ1v) is 7.54. The number of ether oxygens (including phenoxy) is 1. The minimum Gasteiger partial charge on any atom is -0.452 e. The molecule has 0 radical (unpaired) electrons. The highest BCUT2D eigenvalue weighted by atomic mass is 32.2. The van der Waals surface area contributed by atoms with Crippen molar-refractivity contribution < 1.29 is 22.7 Å². The Labute approximate surface area is 112 Å². The van der Waals surface area contributed by atoms with Crippen molar-refractivity contribution in [3.63, 3.8) is 0 Å². The molecule has 1 heterocycles. The molecule has 1 aromatic rings. The first kappa shape index (κ1) is 14.2. The summed E-state index contributed by atoms with van der Waals surface area (Å²) < 4.78 is 40.5. The number of hydrogen-bond donors (Lipinski definition) is 0. The summed E-state index contributed by atoms with van der Waals surface area (Å²) in [5.41, 5.74) is 0.275. The van der Waals surface area contributed by atoms with E-state index in [9.17, 15) is 18.0 Å². The largest absolute Gasteiger partial charge is 0.452 e. The fourth-order valence-corrected chi connectivity index (χ4v) is 4.47. The first-order chi connectivity index (χ1) is 8.97. The molecule has 1 fully saturated rings. The van der Waals surface area contributed by atoms with Crippen LogP contribution in [0, 0.1) is 0 Å². The zero-order chi connectivity index (χ0) is 13.9. The summed E-state index contributed by atoms with van der Waals surface area (Å²) in [4.78, 5) is 12.6. The molecule has 0 N–H and O–H groups in total. The molecule has 1 aliphatic heterocycles. The maximum absolute atomic E-state index is 12.1. The maximum Gasteiger partial charge on any atom is 0.422 e. The van der Waals surface area contributed by atoms with Gasteiger partial charge in [-0.15, -0.1) is 0 Å². The average molecular weight is 291 g/mol. The van der Waals surface area contributed by atoms with E-state index >= 15 is 0 Å². The molecule has 0 spiro atoms. The van der Waals surface area contributed by atoms with E-state index in [-0.39, 0.29) is 16.5 Å². The summed E-state index contributed by atoms with van der Waals surface area (Å²) in [7, 11) is -0.0296. The van der Waals surface area contributed by atoms with Crippen molar-refractivity contribution in [2.45, 2.75) is 23.9 Å². The van der Waals surface area contributed by atoms with Gasteiger partial charge in [-0.1, -0.05) is 12.1 Å². The van der Waals surface area contributed by atoms with Gasteiger partial charge in [0.2, 0.25) is 0 Å². The molecule has 104 valence electrons. The van der Waals surface area contributed by atoms with E-state index in [4.69, 9.17) is 0 Å². The highest BCUT2D eigenvalue weighted by Crippen LogP contribution is 2.27. The highest BCUT2D eigenvalue weighted by Gasteiger charge is 2.34. The predicted octanol–water partition coefficient (Wildman–Crippen LogP) is 3.18. The quantitative estimate of drug-likeness (QED) is 0.631. The van der Waals surface area contributed by atoms with E-state index in [1.165, 1.54) is 0 Å². The average Bonchev–Trinajstić information content (AvgIpc) is 2.89. The van der Waals surface area contributed by atoms with Crippen LogP contribution in [-0.2, 0) is 15.6 Å². The van der Waals surface area contributed by atoms with Gasteiger partial charge in [0, 0.05) is 10.9 Å². The normalized spacial score (nSPS) is 16.6. The van der Waals surface area contributed by atoms with Crippen molar-refractivity contribution >= 4 is 16.9 Å². The van der Waals surface area contributed by atoms with Gasteiger partial charge in [-0.05, 0) is 25.0 Å². The van der Waals surface area contributed by atoms with Crippen LogP contribution in [0.4, 0.5) is 13.2 Å². The van der Waals surface area contributed by atoms with E-state index in [1.54, 1.807) is 18.2 Å². The summed E-state index contributed by atoms with van der Waals surface area (Å²) in [6, 6.07) is 6.81. The zero-order valence-corrected chi connectivity index (χ0v) is 11.0. The standard InChI is InChI=1S/C13H14F3O2S/c14-13(15,16)9-18-12(17)10-5-1-2-6-11(10)19-7-3-4-8-19/h1-2,5-6H,3-4,7-9H2/q+1. The Balaban J connectivity index is 2.12. The molecule has 0 atom stereocenters. The first-order valence-electron chi connectivity index (χ1n) is 5.98. The van der Waals surface area contributed by atoms with Crippen LogP contribution < -0.4 is 0 Å². The van der Waals surface area contributed by atoms with Crippen LogP contribution in [-0.4, -0.2) is 30.3 Å². The van der Waals surface area contributed by atoms with Crippen LogP contribution in [0.5, 0.6) is 0 Å². The molecule has 1 aromatic carbocycles. The Hall–Kier alpha value is -1.17. The number of halogens is 3. The zero-order valence-electron chi connectivity index (χ0n) is 10.2. The number of rotatable bonds is 3. The molecule has 0 aromatic heterocycles. The number of hydrogen-bond acceptors (Lipinski definition) is 2. The molecular weight excluding hydrogens is 277 g/mol. The van der Waals surface area contributed by atoms with E-state index in [1.807, 2.05) is 6.07 Å². The van der Waals surface area contributed by atoms with Gasteiger partial charge in [-0.3, -0.25) is 0 Å². The fraction of sp³-hybridized carbons (Fsp3) is 0.462. The number of benzene rings is 1. The number of carbonyl (C=O) groups excluding carboxylic acids is 1. The number of esters is 1. The Morgan fingerprint density at radius 3 is 2.47 bits per heavy atom. The molecule has 19 heavy (non-hydrogen) atoms. The van der Waals surface area contributed by atoms with Crippen LogP contribution in [0.3, 0.4) is 0 Å².